The molecule has 0 amide bonds. The van der Waals surface area contributed by atoms with Gasteiger partial charge in [0.05, 0.1) is 9.49 Å². The van der Waals surface area contributed by atoms with Crippen LogP contribution in [-0.4, -0.2) is 25.4 Å². The highest BCUT2D eigenvalue weighted by molar-refractivity contribution is 14.1. The molecule has 0 aliphatic rings. The Morgan fingerprint density at radius 3 is 2.79 bits per heavy atom. The number of aliphatic hydroxyl groups excluding tert-OH is 1. The van der Waals surface area contributed by atoms with Crippen molar-refractivity contribution in [2.45, 2.75) is 6.10 Å². The molecule has 19 heavy (non-hydrogen) atoms. The van der Waals surface area contributed by atoms with E-state index in [0.717, 1.165) is 14.0 Å². The molecule has 0 fully saturated rings. The number of hydrogen-bond acceptors (Lipinski definition) is 4. The van der Waals surface area contributed by atoms with Crippen molar-refractivity contribution in [3.05, 3.63) is 49.7 Å². The van der Waals surface area contributed by atoms with Crippen LogP contribution in [0.3, 0.4) is 0 Å². The van der Waals surface area contributed by atoms with Crippen molar-refractivity contribution in [3.63, 3.8) is 0 Å². The van der Waals surface area contributed by atoms with Gasteiger partial charge in [-0.25, -0.2) is 0 Å². The predicted octanol–water partition coefficient (Wildman–Crippen LogP) is 3.46. The van der Waals surface area contributed by atoms with Crippen LogP contribution >= 0.6 is 33.9 Å². The van der Waals surface area contributed by atoms with Gasteiger partial charge in [-0.1, -0.05) is 18.2 Å². The van der Waals surface area contributed by atoms with Crippen molar-refractivity contribution < 1.29 is 14.6 Å². The summed E-state index contributed by atoms with van der Waals surface area (Å²) in [7, 11) is 1.64. The van der Waals surface area contributed by atoms with Gasteiger partial charge in [-0.3, -0.25) is 0 Å². The standard InChI is InChI=1S/C14H15IO3S/c1-17-6-7-18-12-5-3-2-4-11(12)14(16)10-8-13(15)19-9-10/h2-5,8-9,14,16H,6-7H2,1H3. The van der Waals surface area contributed by atoms with E-state index in [9.17, 15) is 5.11 Å². The van der Waals surface area contributed by atoms with E-state index >= 15 is 0 Å². The van der Waals surface area contributed by atoms with E-state index < -0.39 is 6.10 Å². The summed E-state index contributed by atoms with van der Waals surface area (Å²) >= 11 is 3.87. The van der Waals surface area contributed by atoms with Gasteiger partial charge in [-0.05, 0) is 45.7 Å². The van der Waals surface area contributed by atoms with Crippen LogP contribution in [0.2, 0.25) is 0 Å². The van der Waals surface area contributed by atoms with E-state index in [1.165, 1.54) is 0 Å². The molecule has 2 aromatic rings. The quantitative estimate of drug-likeness (QED) is 0.607. The summed E-state index contributed by atoms with van der Waals surface area (Å²) in [6.07, 6.45) is -0.654. The minimum atomic E-state index is -0.654. The van der Waals surface area contributed by atoms with Crippen molar-refractivity contribution in [2.24, 2.45) is 0 Å². The molecule has 0 saturated carbocycles. The van der Waals surface area contributed by atoms with Gasteiger partial charge in [-0.2, -0.15) is 0 Å². The summed E-state index contributed by atoms with van der Waals surface area (Å²) < 4.78 is 11.8. The number of methoxy groups -OCH3 is 1. The van der Waals surface area contributed by atoms with Crippen molar-refractivity contribution >= 4 is 33.9 Å². The topological polar surface area (TPSA) is 38.7 Å². The van der Waals surface area contributed by atoms with Crippen LogP contribution in [0.4, 0.5) is 0 Å². The van der Waals surface area contributed by atoms with E-state index in [-0.39, 0.29) is 0 Å². The Hall–Kier alpha value is -0.630. The van der Waals surface area contributed by atoms with Crippen molar-refractivity contribution in [2.75, 3.05) is 20.3 Å². The average molecular weight is 390 g/mol. The monoisotopic (exact) mass is 390 g/mol. The first-order chi connectivity index (χ1) is 9.22. The first kappa shape index (κ1) is 14.8. The Morgan fingerprint density at radius 1 is 1.32 bits per heavy atom. The number of halogens is 1. The van der Waals surface area contributed by atoms with Gasteiger partial charge in [-0.15, -0.1) is 11.3 Å². The summed E-state index contributed by atoms with van der Waals surface area (Å²) in [5.41, 5.74) is 1.69. The van der Waals surface area contributed by atoms with E-state index in [0.29, 0.717) is 19.0 Å². The number of thiophene rings is 1. The lowest BCUT2D eigenvalue weighted by Gasteiger charge is -2.15. The van der Waals surface area contributed by atoms with E-state index in [4.69, 9.17) is 9.47 Å². The van der Waals surface area contributed by atoms with Crippen molar-refractivity contribution in [1.29, 1.82) is 0 Å². The molecule has 3 nitrogen and oxygen atoms in total. The summed E-state index contributed by atoms with van der Waals surface area (Å²) in [6, 6.07) is 9.54. The van der Waals surface area contributed by atoms with Gasteiger partial charge in [0.25, 0.3) is 0 Å². The number of para-hydroxylation sites is 1. The number of aliphatic hydroxyl groups is 1. The van der Waals surface area contributed by atoms with Gasteiger partial charge in [0.1, 0.15) is 18.5 Å². The van der Waals surface area contributed by atoms with Crippen molar-refractivity contribution in [1.82, 2.24) is 0 Å². The molecule has 0 bridgehead atoms. The summed E-state index contributed by atoms with van der Waals surface area (Å²) in [5, 5.41) is 12.4. The molecule has 0 radical (unpaired) electrons. The molecular weight excluding hydrogens is 375 g/mol. The molecule has 1 heterocycles. The second-order valence-electron chi connectivity index (χ2n) is 3.97. The first-order valence-corrected chi connectivity index (χ1v) is 7.81. The minimum absolute atomic E-state index is 0.474. The second-order valence-corrected chi connectivity index (χ2v) is 6.77. The number of hydrogen-bond donors (Lipinski definition) is 1. The predicted molar refractivity (Wildman–Crippen MR) is 84.9 cm³/mol. The molecule has 0 saturated heterocycles. The summed E-state index contributed by atoms with van der Waals surface area (Å²) in [5.74, 6) is 0.702. The van der Waals surface area contributed by atoms with E-state index in [2.05, 4.69) is 22.6 Å². The second kappa shape index (κ2) is 7.23. The maximum Gasteiger partial charge on any atom is 0.125 e. The highest BCUT2D eigenvalue weighted by Gasteiger charge is 2.16. The maximum absolute atomic E-state index is 10.4. The third kappa shape index (κ3) is 3.92. The van der Waals surface area contributed by atoms with Crippen LogP contribution < -0.4 is 4.74 Å². The van der Waals surface area contributed by atoms with Gasteiger partial charge in [0.15, 0.2) is 0 Å². The van der Waals surface area contributed by atoms with Crippen LogP contribution in [0.1, 0.15) is 17.2 Å². The highest BCUT2D eigenvalue weighted by Crippen LogP contribution is 2.32. The Morgan fingerprint density at radius 2 is 2.11 bits per heavy atom. The van der Waals surface area contributed by atoms with Crippen LogP contribution in [0.25, 0.3) is 0 Å². The molecule has 0 aliphatic carbocycles. The first-order valence-electron chi connectivity index (χ1n) is 5.85. The molecule has 1 unspecified atom stereocenters. The third-order valence-corrected chi connectivity index (χ3v) is 4.47. The summed E-state index contributed by atoms with van der Waals surface area (Å²) in [4.78, 5) is 0. The number of ether oxygens (including phenoxy) is 2. The molecule has 1 aromatic carbocycles. The minimum Gasteiger partial charge on any atom is -0.491 e. The van der Waals surface area contributed by atoms with Gasteiger partial charge in [0, 0.05) is 12.7 Å². The zero-order chi connectivity index (χ0) is 13.7. The fourth-order valence-electron chi connectivity index (χ4n) is 1.72. The lowest BCUT2D eigenvalue weighted by atomic mass is 10.0. The Bertz CT molecular complexity index is 527. The van der Waals surface area contributed by atoms with Crippen molar-refractivity contribution in [3.8, 4) is 5.75 Å². The molecule has 5 heteroatoms. The Balaban J connectivity index is 2.18. The van der Waals surface area contributed by atoms with E-state index in [1.54, 1.807) is 18.4 Å². The Kier molecular flexibility index (Phi) is 5.62. The van der Waals surface area contributed by atoms with Gasteiger partial charge in [0.2, 0.25) is 0 Å². The Labute approximate surface area is 130 Å². The molecule has 0 aliphatic heterocycles. The molecule has 0 spiro atoms. The van der Waals surface area contributed by atoms with Crippen LogP contribution in [0.15, 0.2) is 35.7 Å². The normalized spacial score (nSPS) is 12.4. The number of rotatable bonds is 6. The third-order valence-electron chi connectivity index (χ3n) is 2.66. The largest absolute Gasteiger partial charge is 0.491 e. The SMILES string of the molecule is COCCOc1ccccc1C(O)c1csc(I)c1. The van der Waals surface area contributed by atoms with Crippen LogP contribution in [0.5, 0.6) is 5.75 Å². The molecule has 1 N–H and O–H groups in total. The van der Waals surface area contributed by atoms with E-state index in [1.807, 2.05) is 35.7 Å². The zero-order valence-corrected chi connectivity index (χ0v) is 13.5. The maximum atomic E-state index is 10.4. The zero-order valence-electron chi connectivity index (χ0n) is 10.5. The average Bonchev–Trinajstić information content (AvgIpc) is 2.85. The smallest absolute Gasteiger partial charge is 0.125 e. The lowest BCUT2D eigenvalue weighted by Crippen LogP contribution is -2.08. The fourth-order valence-corrected chi connectivity index (χ4v) is 3.11. The molecule has 1 atom stereocenters. The number of benzene rings is 1. The van der Waals surface area contributed by atoms with Gasteiger partial charge >= 0.3 is 0 Å². The molecule has 1 aromatic heterocycles. The molecular formula is C14H15IO3S. The lowest BCUT2D eigenvalue weighted by molar-refractivity contribution is 0.142. The van der Waals surface area contributed by atoms with Crippen LogP contribution in [0, 0.1) is 2.88 Å². The van der Waals surface area contributed by atoms with Gasteiger partial charge < -0.3 is 14.6 Å². The fraction of sp³-hybridized carbons (Fsp3) is 0.286. The van der Waals surface area contributed by atoms with Crippen LogP contribution in [-0.2, 0) is 4.74 Å². The highest BCUT2D eigenvalue weighted by atomic mass is 127. The molecule has 102 valence electrons. The molecule has 2 rings (SSSR count). The summed E-state index contributed by atoms with van der Waals surface area (Å²) in [6.45, 7) is 1.00.